The summed E-state index contributed by atoms with van der Waals surface area (Å²) in [5, 5.41) is 8.96. The van der Waals surface area contributed by atoms with Crippen LogP contribution >= 0.6 is 0 Å². The van der Waals surface area contributed by atoms with Crippen molar-refractivity contribution in [1.82, 2.24) is 9.88 Å². The molecule has 0 aromatic carbocycles. The minimum Gasteiger partial charge on any atom is -0.481 e. The SMILES string of the molecule is CN1C[C@H](C(=O)O)C[C@H]1c1ccncc1. The maximum atomic E-state index is 10.9. The van der Waals surface area contributed by atoms with Crippen molar-refractivity contribution in [3.05, 3.63) is 30.1 Å². The van der Waals surface area contributed by atoms with E-state index in [-0.39, 0.29) is 12.0 Å². The fraction of sp³-hybridized carbons (Fsp3) is 0.455. The lowest BCUT2D eigenvalue weighted by Crippen LogP contribution is -2.20. The quantitative estimate of drug-likeness (QED) is 0.789. The van der Waals surface area contributed by atoms with Crippen molar-refractivity contribution in [2.45, 2.75) is 12.5 Å². The smallest absolute Gasteiger partial charge is 0.307 e. The second-order valence-electron chi connectivity index (χ2n) is 4.01. The van der Waals surface area contributed by atoms with E-state index < -0.39 is 5.97 Å². The molecule has 1 saturated heterocycles. The lowest BCUT2D eigenvalue weighted by Gasteiger charge is -2.18. The Morgan fingerprint density at radius 3 is 2.73 bits per heavy atom. The van der Waals surface area contributed by atoms with E-state index in [1.807, 2.05) is 19.2 Å². The Balaban J connectivity index is 2.15. The summed E-state index contributed by atoms with van der Waals surface area (Å²) in [5.74, 6) is -0.938. The van der Waals surface area contributed by atoms with E-state index in [0.29, 0.717) is 13.0 Å². The summed E-state index contributed by atoms with van der Waals surface area (Å²) < 4.78 is 0. The van der Waals surface area contributed by atoms with Gasteiger partial charge in [0.15, 0.2) is 0 Å². The van der Waals surface area contributed by atoms with E-state index in [1.165, 1.54) is 0 Å². The second kappa shape index (κ2) is 3.98. The predicted molar refractivity (Wildman–Crippen MR) is 55.4 cm³/mol. The third-order valence-corrected chi connectivity index (χ3v) is 2.99. The third-order valence-electron chi connectivity index (χ3n) is 2.99. The zero-order valence-electron chi connectivity index (χ0n) is 8.63. The average molecular weight is 206 g/mol. The van der Waals surface area contributed by atoms with Crippen LogP contribution in [0.3, 0.4) is 0 Å². The Hall–Kier alpha value is -1.42. The highest BCUT2D eigenvalue weighted by Crippen LogP contribution is 2.33. The number of carboxylic acids is 1. The molecule has 2 atom stereocenters. The summed E-state index contributed by atoms with van der Waals surface area (Å²) >= 11 is 0. The van der Waals surface area contributed by atoms with E-state index in [2.05, 4.69) is 9.88 Å². The molecule has 0 radical (unpaired) electrons. The summed E-state index contributed by atoms with van der Waals surface area (Å²) in [6, 6.07) is 4.12. The Labute approximate surface area is 88.6 Å². The van der Waals surface area contributed by atoms with Crippen LogP contribution in [0.5, 0.6) is 0 Å². The molecule has 1 fully saturated rings. The fourth-order valence-electron chi connectivity index (χ4n) is 2.15. The summed E-state index contributed by atoms with van der Waals surface area (Å²) in [5.41, 5.74) is 1.15. The molecule has 4 nitrogen and oxygen atoms in total. The molecule has 1 aliphatic rings. The maximum absolute atomic E-state index is 10.9. The van der Waals surface area contributed by atoms with Gasteiger partial charge in [0.1, 0.15) is 0 Å². The molecule has 1 aliphatic heterocycles. The number of carbonyl (C=O) groups is 1. The van der Waals surface area contributed by atoms with Gasteiger partial charge in [-0.15, -0.1) is 0 Å². The standard InChI is InChI=1S/C11H14N2O2/c1-13-7-9(11(14)15)6-10(13)8-2-4-12-5-3-8/h2-5,9-10H,6-7H2,1H3,(H,14,15)/t9-,10+/m1/s1. The van der Waals surface area contributed by atoms with E-state index >= 15 is 0 Å². The molecule has 80 valence electrons. The highest BCUT2D eigenvalue weighted by atomic mass is 16.4. The molecule has 4 heteroatoms. The number of likely N-dealkylation sites (tertiary alicyclic amines) is 1. The molecule has 0 aliphatic carbocycles. The molecular formula is C11H14N2O2. The molecule has 0 bridgehead atoms. The number of aromatic nitrogens is 1. The Kier molecular flexibility index (Phi) is 2.68. The summed E-state index contributed by atoms with van der Waals surface area (Å²) in [4.78, 5) is 16.9. The highest BCUT2D eigenvalue weighted by Gasteiger charge is 2.34. The van der Waals surface area contributed by atoms with Crippen LogP contribution in [0.25, 0.3) is 0 Å². The predicted octanol–water partition coefficient (Wildman–Crippen LogP) is 1.16. The Bertz CT molecular complexity index is 353. The van der Waals surface area contributed by atoms with E-state index in [9.17, 15) is 4.79 Å². The maximum Gasteiger partial charge on any atom is 0.307 e. The number of aliphatic carboxylic acids is 1. The van der Waals surface area contributed by atoms with Crippen molar-refractivity contribution >= 4 is 5.97 Å². The fourth-order valence-corrected chi connectivity index (χ4v) is 2.15. The Morgan fingerprint density at radius 1 is 1.53 bits per heavy atom. The first kappa shape index (κ1) is 10.1. The number of carboxylic acid groups (broad SMARTS) is 1. The van der Waals surface area contributed by atoms with Crippen LogP contribution < -0.4 is 0 Å². The van der Waals surface area contributed by atoms with Crippen LogP contribution in [-0.2, 0) is 4.79 Å². The molecule has 0 saturated carbocycles. The summed E-state index contributed by atoms with van der Waals surface area (Å²) in [6.45, 7) is 0.627. The average Bonchev–Trinajstić information content (AvgIpc) is 2.62. The van der Waals surface area contributed by atoms with E-state index in [4.69, 9.17) is 5.11 Å². The van der Waals surface area contributed by atoms with Gasteiger partial charge in [-0.3, -0.25) is 14.7 Å². The summed E-state index contributed by atoms with van der Waals surface area (Å²) in [7, 11) is 1.97. The van der Waals surface area contributed by atoms with Gasteiger partial charge in [0.25, 0.3) is 0 Å². The van der Waals surface area contributed by atoms with Crippen LogP contribution in [-0.4, -0.2) is 34.6 Å². The minimum absolute atomic E-state index is 0.217. The topological polar surface area (TPSA) is 53.4 Å². The molecule has 2 rings (SSSR count). The Morgan fingerprint density at radius 2 is 2.20 bits per heavy atom. The molecule has 1 N–H and O–H groups in total. The molecule has 1 aromatic heterocycles. The van der Waals surface area contributed by atoms with Crippen LogP contribution in [0.1, 0.15) is 18.0 Å². The first-order valence-corrected chi connectivity index (χ1v) is 5.01. The number of nitrogens with zero attached hydrogens (tertiary/aromatic N) is 2. The van der Waals surface area contributed by atoms with E-state index in [1.54, 1.807) is 12.4 Å². The van der Waals surface area contributed by atoms with E-state index in [0.717, 1.165) is 5.56 Å². The highest BCUT2D eigenvalue weighted by molar-refractivity contribution is 5.70. The molecular weight excluding hydrogens is 192 g/mol. The van der Waals surface area contributed by atoms with Gasteiger partial charge in [-0.2, -0.15) is 0 Å². The first-order valence-electron chi connectivity index (χ1n) is 5.01. The van der Waals surface area contributed by atoms with Gasteiger partial charge in [-0.1, -0.05) is 0 Å². The molecule has 0 unspecified atom stereocenters. The first-order chi connectivity index (χ1) is 7.18. The second-order valence-corrected chi connectivity index (χ2v) is 4.01. The van der Waals surface area contributed by atoms with Crippen molar-refractivity contribution in [3.8, 4) is 0 Å². The number of rotatable bonds is 2. The van der Waals surface area contributed by atoms with Crippen molar-refractivity contribution < 1.29 is 9.90 Å². The molecule has 15 heavy (non-hydrogen) atoms. The van der Waals surface area contributed by atoms with Gasteiger partial charge in [0.2, 0.25) is 0 Å². The molecule has 2 heterocycles. The van der Waals surface area contributed by atoms with Crippen LogP contribution in [0.4, 0.5) is 0 Å². The monoisotopic (exact) mass is 206 g/mol. The lowest BCUT2D eigenvalue weighted by atomic mass is 10.0. The van der Waals surface area contributed by atoms with Gasteiger partial charge in [0.05, 0.1) is 5.92 Å². The van der Waals surface area contributed by atoms with Crippen LogP contribution in [0.2, 0.25) is 0 Å². The van der Waals surface area contributed by atoms with Gasteiger partial charge >= 0.3 is 5.97 Å². The zero-order chi connectivity index (χ0) is 10.8. The molecule has 1 aromatic rings. The van der Waals surface area contributed by atoms with Gasteiger partial charge < -0.3 is 5.11 Å². The van der Waals surface area contributed by atoms with Crippen molar-refractivity contribution in [2.75, 3.05) is 13.6 Å². The summed E-state index contributed by atoms with van der Waals surface area (Å²) in [6.07, 6.45) is 4.18. The zero-order valence-corrected chi connectivity index (χ0v) is 8.63. The largest absolute Gasteiger partial charge is 0.481 e. The van der Waals surface area contributed by atoms with Crippen molar-refractivity contribution in [1.29, 1.82) is 0 Å². The van der Waals surface area contributed by atoms with Crippen LogP contribution in [0.15, 0.2) is 24.5 Å². The lowest BCUT2D eigenvalue weighted by molar-refractivity contribution is -0.141. The van der Waals surface area contributed by atoms with Gasteiger partial charge in [-0.25, -0.2) is 0 Å². The number of hydrogen-bond donors (Lipinski definition) is 1. The minimum atomic E-state index is -0.696. The van der Waals surface area contributed by atoms with Crippen molar-refractivity contribution in [3.63, 3.8) is 0 Å². The number of pyridine rings is 1. The third kappa shape index (κ3) is 1.99. The van der Waals surface area contributed by atoms with Gasteiger partial charge in [0, 0.05) is 25.0 Å². The normalized spacial score (nSPS) is 26.7. The molecule has 0 spiro atoms. The number of hydrogen-bond acceptors (Lipinski definition) is 3. The van der Waals surface area contributed by atoms with Crippen molar-refractivity contribution in [2.24, 2.45) is 5.92 Å². The van der Waals surface area contributed by atoms with Gasteiger partial charge in [-0.05, 0) is 31.2 Å². The molecule has 0 amide bonds. The van der Waals surface area contributed by atoms with Crippen LogP contribution in [0, 0.1) is 5.92 Å².